The van der Waals surface area contributed by atoms with Crippen LogP contribution < -0.4 is 31.2 Å². The van der Waals surface area contributed by atoms with E-state index in [-0.39, 0.29) is 11.8 Å². The summed E-state index contributed by atoms with van der Waals surface area (Å²) in [4.78, 5) is 40.7. The van der Waals surface area contributed by atoms with Gasteiger partial charge in [0.2, 0.25) is 11.8 Å². The van der Waals surface area contributed by atoms with E-state index in [0.717, 1.165) is 74.6 Å². The molecule has 0 aliphatic rings. The minimum absolute atomic E-state index is 0.271. The number of ether oxygens (including phenoxy) is 5. The number of carbonyl (C=O) groups is 3. The molecule has 460 valence electrons. The Kier molecular flexibility index (Phi) is 23.3. The number of aryl methyl sites for hydroxylation is 2. The van der Waals surface area contributed by atoms with Gasteiger partial charge in [0.15, 0.2) is 0 Å². The predicted octanol–water partition coefficient (Wildman–Crippen LogP) is 14.1. The molecule has 0 unspecified atom stereocenters. The van der Waals surface area contributed by atoms with E-state index >= 15 is 0 Å². The monoisotopic (exact) mass is 1210 g/mol. The standard InChI is InChI=1S/C37H48N4O5Si.C32H40N4O3Si/c1-26-31(24-41(40-26)25-45-21-22-47(6,7)8)30-20-19-29(23-32(30)44-5)38-35(42)34(39-36(43)46-37(2,3)4)33(27-15-11-9-12-16-27)28-17-13-10-14-18-28;1-23-28(21-36(35-23)22-39-18-19-40(3,4)5)27-17-16-26(20-29(27)38-2)34-32(37)31(33)30(24-12-8-6-9-13-24)25-14-10-7-11-15-25/h9-20,23-24,33-34H,21-22,25H2,1-8H3,(H,38,42)(H,39,43);6-17,20-21,30-31H,18-19,22,33H2,1-5H3,(H,34,37)/t34-;31-/m00/s1. The van der Waals surface area contributed by atoms with Crippen molar-refractivity contribution in [1.82, 2.24) is 24.9 Å². The molecule has 2 heterocycles. The van der Waals surface area contributed by atoms with Crippen molar-refractivity contribution in [2.45, 2.75) is 129 Å². The van der Waals surface area contributed by atoms with Gasteiger partial charge in [0.05, 0.1) is 31.6 Å². The number of hydrogen-bond acceptors (Lipinski definition) is 11. The number of carbonyl (C=O) groups excluding carboxylic acids is 3. The molecule has 3 amide bonds. The largest absolute Gasteiger partial charge is 0.496 e. The van der Waals surface area contributed by atoms with Gasteiger partial charge in [0.25, 0.3) is 0 Å². The van der Waals surface area contributed by atoms with Gasteiger partial charge < -0.3 is 45.4 Å². The summed E-state index contributed by atoms with van der Waals surface area (Å²) in [5, 5.41) is 18.2. The molecule has 2 aromatic heterocycles. The fraction of sp³-hybridized carbons (Fsp3) is 0.348. The fourth-order valence-electron chi connectivity index (χ4n) is 9.91. The van der Waals surface area contributed by atoms with Crippen LogP contribution in [0.25, 0.3) is 22.3 Å². The fourth-order valence-corrected chi connectivity index (χ4v) is 11.4. The van der Waals surface area contributed by atoms with Crippen molar-refractivity contribution in [3.63, 3.8) is 0 Å². The maximum atomic E-state index is 14.2. The van der Waals surface area contributed by atoms with Gasteiger partial charge in [-0.1, -0.05) is 161 Å². The molecule has 0 aliphatic carbocycles. The second-order valence-electron chi connectivity index (χ2n) is 25.1. The van der Waals surface area contributed by atoms with Gasteiger partial charge in [-0.25, -0.2) is 14.2 Å². The van der Waals surface area contributed by atoms with Crippen LogP contribution in [-0.4, -0.2) is 98.7 Å². The number of nitrogens with zero attached hydrogens (tertiary/aromatic N) is 4. The topological polar surface area (TPSA) is 195 Å². The highest BCUT2D eigenvalue weighted by atomic mass is 28.3. The molecule has 0 fully saturated rings. The number of alkyl carbamates (subject to hydrolysis) is 1. The number of nitrogens with two attached hydrogens (primary N) is 1. The van der Waals surface area contributed by atoms with Gasteiger partial charge in [0, 0.05) is 99.4 Å². The lowest BCUT2D eigenvalue weighted by atomic mass is 9.84. The summed E-state index contributed by atoms with van der Waals surface area (Å²) in [7, 11) is 0.897. The van der Waals surface area contributed by atoms with Gasteiger partial charge in [-0.2, -0.15) is 10.2 Å². The van der Waals surface area contributed by atoms with Crippen LogP contribution in [0.3, 0.4) is 0 Å². The van der Waals surface area contributed by atoms with Crippen molar-refractivity contribution in [1.29, 1.82) is 0 Å². The highest BCUT2D eigenvalue weighted by molar-refractivity contribution is 6.76. The zero-order valence-electron chi connectivity index (χ0n) is 52.9. The average molecular weight is 1210 g/mol. The Labute approximate surface area is 516 Å². The average Bonchev–Trinajstić information content (AvgIpc) is 2.56. The van der Waals surface area contributed by atoms with Gasteiger partial charge in [-0.05, 0) is 93.2 Å². The van der Waals surface area contributed by atoms with Gasteiger partial charge in [-0.3, -0.25) is 9.59 Å². The summed E-state index contributed by atoms with van der Waals surface area (Å²) in [6.07, 6.45) is 3.24. The molecule has 8 rings (SSSR count). The van der Waals surface area contributed by atoms with Crippen LogP contribution in [-0.2, 0) is 37.3 Å². The first kappa shape index (κ1) is 66.4. The minimum Gasteiger partial charge on any atom is -0.496 e. The van der Waals surface area contributed by atoms with Crippen LogP contribution in [0, 0.1) is 13.8 Å². The van der Waals surface area contributed by atoms with Gasteiger partial charge in [-0.15, -0.1) is 0 Å². The summed E-state index contributed by atoms with van der Waals surface area (Å²) < 4.78 is 32.5. The molecule has 0 bridgehead atoms. The van der Waals surface area contributed by atoms with E-state index in [9.17, 15) is 14.4 Å². The summed E-state index contributed by atoms with van der Waals surface area (Å²) in [6, 6.07) is 50.6. The SMILES string of the molecule is COc1cc(NC(=O)[C@@H](N)C(c2ccccc2)c2ccccc2)ccc1-c1cn(COCC[Si](C)(C)C)nc1C.COc1cc(NC(=O)[C@@H](NC(=O)OC(C)(C)C)C(c2ccccc2)c2ccccc2)ccc1-c1cn(COCC[Si](C)(C)C)nc1C. The quantitative estimate of drug-likeness (QED) is 0.0314. The number of aromatic nitrogens is 4. The van der Waals surface area contributed by atoms with Crippen LogP contribution >= 0.6 is 0 Å². The van der Waals surface area contributed by atoms with Crippen molar-refractivity contribution in [2.75, 3.05) is 38.1 Å². The number of nitrogens with one attached hydrogen (secondary N) is 3. The predicted molar refractivity (Wildman–Crippen MR) is 354 cm³/mol. The number of hydrogen-bond donors (Lipinski definition) is 4. The Balaban J connectivity index is 0.000000252. The molecule has 0 spiro atoms. The van der Waals surface area contributed by atoms with Gasteiger partial charge >= 0.3 is 6.09 Å². The molecule has 0 radical (unpaired) electrons. The van der Waals surface area contributed by atoms with Crippen LogP contribution in [0.5, 0.6) is 11.5 Å². The Hall–Kier alpha value is -8.14. The maximum absolute atomic E-state index is 14.2. The van der Waals surface area contributed by atoms with Crippen molar-refractivity contribution in [2.24, 2.45) is 5.73 Å². The van der Waals surface area contributed by atoms with Crippen LogP contribution in [0.1, 0.15) is 66.2 Å². The van der Waals surface area contributed by atoms with Crippen LogP contribution in [0.4, 0.5) is 16.2 Å². The number of amides is 3. The molecule has 0 saturated carbocycles. The Morgan fingerprint density at radius 1 is 0.529 bits per heavy atom. The third kappa shape index (κ3) is 19.7. The normalized spacial score (nSPS) is 12.4. The first-order valence-corrected chi connectivity index (χ1v) is 37.0. The molecular weight excluding hydrogens is 1120 g/mol. The Bertz CT molecular complexity index is 3410. The van der Waals surface area contributed by atoms with Crippen molar-refractivity contribution >= 4 is 45.4 Å². The van der Waals surface area contributed by atoms with Crippen LogP contribution in [0.15, 0.2) is 170 Å². The van der Waals surface area contributed by atoms with E-state index < -0.39 is 51.8 Å². The van der Waals surface area contributed by atoms with Crippen LogP contribution in [0.2, 0.25) is 51.4 Å². The van der Waals surface area contributed by atoms with Crippen molar-refractivity contribution in [3.8, 4) is 33.8 Å². The number of benzene rings is 6. The molecule has 87 heavy (non-hydrogen) atoms. The lowest BCUT2D eigenvalue weighted by Gasteiger charge is -2.29. The molecule has 0 saturated heterocycles. The van der Waals surface area contributed by atoms with Crippen molar-refractivity contribution in [3.05, 3.63) is 204 Å². The van der Waals surface area contributed by atoms with Gasteiger partial charge in [0.1, 0.15) is 36.6 Å². The van der Waals surface area contributed by atoms with Crippen molar-refractivity contribution < 1.29 is 38.1 Å². The third-order valence-corrected chi connectivity index (χ3v) is 17.8. The van der Waals surface area contributed by atoms with E-state index in [0.29, 0.717) is 42.9 Å². The second kappa shape index (κ2) is 30.5. The zero-order valence-corrected chi connectivity index (χ0v) is 54.9. The molecule has 18 heteroatoms. The molecule has 8 aromatic rings. The number of rotatable bonds is 25. The first-order chi connectivity index (χ1) is 41.4. The Morgan fingerprint density at radius 2 is 0.897 bits per heavy atom. The molecule has 16 nitrogen and oxygen atoms in total. The summed E-state index contributed by atoms with van der Waals surface area (Å²) in [6.45, 7) is 25.5. The maximum Gasteiger partial charge on any atom is 0.408 e. The minimum atomic E-state index is -1.18. The van der Waals surface area contributed by atoms with E-state index in [1.54, 1.807) is 45.7 Å². The molecular formula is C69H88N8O8Si2. The molecule has 5 N–H and O–H groups in total. The van der Waals surface area contributed by atoms with E-state index in [4.69, 9.17) is 29.4 Å². The second-order valence-corrected chi connectivity index (χ2v) is 36.3. The van der Waals surface area contributed by atoms with E-state index in [1.807, 2.05) is 183 Å². The summed E-state index contributed by atoms with van der Waals surface area (Å²) in [5.74, 6) is -0.242. The highest BCUT2D eigenvalue weighted by Crippen LogP contribution is 2.37. The Morgan fingerprint density at radius 3 is 1.25 bits per heavy atom. The molecule has 0 aliphatic heterocycles. The third-order valence-electron chi connectivity index (χ3n) is 14.4. The van der Waals surface area contributed by atoms with E-state index in [2.05, 4.69) is 65.4 Å². The summed E-state index contributed by atoms with van der Waals surface area (Å²) >= 11 is 0. The first-order valence-electron chi connectivity index (χ1n) is 29.6. The lowest BCUT2D eigenvalue weighted by molar-refractivity contribution is -0.119. The lowest BCUT2D eigenvalue weighted by Crippen LogP contribution is -2.49. The summed E-state index contributed by atoms with van der Waals surface area (Å²) in [5.41, 5.74) is 16.0. The smallest absolute Gasteiger partial charge is 0.408 e. The highest BCUT2D eigenvalue weighted by Gasteiger charge is 2.35. The molecule has 6 aromatic carbocycles. The number of methoxy groups -OCH3 is 2. The van der Waals surface area contributed by atoms with E-state index in [1.165, 1.54) is 0 Å². The number of anilines is 2. The zero-order chi connectivity index (χ0) is 62.9. The molecule has 2 atom stereocenters.